The Morgan fingerprint density at radius 1 is 1.54 bits per heavy atom. The summed E-state index contributed by atoms with van der Waals surface area (Å²) in [7, 11) is 0. The predicted molar refractivity (Wildman–Crippen MR) is 46.4 cm³/mol. The van der Waals surface area contributed by atoms with E-state index in [2.05, 4.69) is 0 Å². The van der Waals surface area contributed by atoms with Crippen LogP contribution in [0.5, 0.6) is 0 Å². The highest BCUT2D eigenvalue weighted by atomic mass is 19.1. The molecule has 0 spiro atoms. The molecule has 13 heavy (non-hydrogen) atoms. The van der Waals surface area contributed by atoms with E-state index in [-0.39, 0.29) is 11.9 Å². The van der Waals surface area contributed by atoms with Crippen LogP contribution < -0.4 is 5.73 Å². The van der Waals surface area contributed by atoms with Crippen LogP contribution in [0.4, 0.5) is 4.39 Å². The number of halogens is 1. The third-order valence-corrected chi connectivity index (χ3v) is 2.47. The van der Waals surface area contributed by atoms with Gasteiger partial charge in [-0.2, -0.15) is 5.26 Å². The number of fused-ring (bicyclic) bond motifs is 1. The van der Waals surface area contributed by atoms with Crippen molar-refractivity contribution in [1.82, 2.24) is 0 Å². The Hall–Kier alpha value is -1.40. The number of nitrogens with two attached hydrogens (primary N) is 1. The van der Waals surface area contributed by atoms with Crippen molar-refractivity contribution in [2.24, 2.45) is 5.73 Å². The first-order valence-corrected chi connectivity index (χ1v) is 4.20. The van der Waals surface area contributed by atoms with Gasteiger partial charge in [0.05, 0.1) is 11.6 Å². The van der Waals surface area contributed by atoms with Crippen LogP contribution in [0.2, 0.25) is 0 Å². The SMILES string of the molecule is N#Cc1cc(F)cc2c1CCC2N. The van der Waals surface area contributed by atoms with Crippen molar-refractivity contribution in [2.45, 2.75) is 18.9 Å². The molecule has 1 unspecified atom stereocenters. The summed E-state index contributed by atoms with van der Waals surface area (Å²) in [5.74, 6) is -0.368. The molecule has 0 heterocycles. The molecule has 1 aliphatic carbocycles. The zero-order chi connectivity index (χ0) is 9.42. The zero-order valence-electron chi connectivity index (χ0n) is 7.05. The Balaban J connectivity index is 2.65. The predicted octanol–water partition coefficient (Wildman–Crippen LogP) is 1.64. The summed E-state index contributed by atoms with van der Waals surface area (Å²) in [6.07, 6.45) is 1.60. The van der Waals surface area contributed by atoms with Crippen molar-refractivity contribution in [3.63, 3.8) is 0 Å². The topological polar surface area (TPSA) is 49.8 Å². The van der Waals surface area contributed by atoms with E-state index in [0.717, 1.165) is 24.0 Å². The minimum Gasteiger partial charge on any atom is -0.324 e. The zero-order valence-corrected chi connectivity index (χ0v) is 7.05. The van der Waals surface area contributed by atoms with E-state index in [4.69, 9.17) is 11.0 Å². The largest absolute Gasteiger partial charge is 0.324 e. The molecule has 0 saturated heterocycles. The molecule has 66 valence electrons. The summed E-state index contributed by atoms with van der Waals surface area (Å²) >= 11 is 0. The summed E-state index contributed by atoms with van der Waals surface area (Å²) in [6.45, 7) is 0. The lowest BCUT2D eigenvalue weighted by Gasteiger charge is -2.05. The molecule has 3 heteroatoms. The van der Waals surface area contributed by atoms with E-state index in [9.17, 15) is 4.39 Å². The minimum absolute atomic E-state index is 0.0993. The second-order valence-corrected chi connectivity index (χ2v) is 3.28. The van der Waals surface area contributed by atoms with Crippen LogP contribution in [0.1, 0.15) is 29.2 Å². The molecule has 0 radical (unpaired) electrons. The fraction of sp³-hybridized carbons (Fsp3) is 0.300. The quantitative estimate of drug-likeness (QED) is 0.653. The maximum atomic E-state index is 13.0. The Morgan fingerprint density at radius 3 is 3.00 bits per heavy atom. The van der Waals surface area contributed by atoms with Gasteiger partial charge in [-0.25, -0.2) is 4.39 Å². The average Bonchev–Trinajstić information content (AvgIpc) is 2.47. The Morgan fingerprint density at radius 2 is 2.31 bits per heavy atom. The van der Waals surface area contributed by atoms with E-state index in [1.165, 1.54) is 12.1 Å². The van der Waals surface area contributed by atoms with E-state index in [1.54, 1.807) is 0 Å². The molecule has 2 nitrogen and oxygen atoms in total. The Kier molecular flexibility index (Phi) is 1.78. The third-order valence-electron chi connectivity index (χ3n) is 2.47. The maximum Gasteiger partial charge on any atom is 0.124 e. The summed E-state index contributed by atoms with van der Waals surface area (Å²) in [4.78, 5) is 0. The van der Waals surface area contributed by atoms with E-state index >= 15 is 0 Å². The van der Waals surface area contributed by atoms with Crippen LogP contribution in [0.15, 0.2) is 12.1 Å². The monoisotopic (exact) mass is 176 g/mol. The molecular weight excluding hydrogens is 167 g/mol. The van der Waals surface area contributed by atoms with Gasteiger partial charge in [-0.1, -0.05) is 0 Å². The number of benzene rings is 1. The molecular formula is C10H9FN2. The second kappa shape index (κ2) is 2.82. The fourth-order valence-electron chi connectivity index (χ4n) is 1.82. The molecule has 1 aromatic rings. The van der Waals surface area contributed by atoms with Gasteiger partial charge in [-0.3, -0.25) is 0 Å². The van der Waals surface area contributed by atoms with Gasteiger partial charge in [0.15, 0.2) is 0 Å². The van der Waals surface area contributed by atoms with Gasteiger partial charge in [-0.15, -0.1) is 0 Å². The number of nitrogens with zero attached hydrogens (tertiary/aromatic N) is 1. The molecule has 0 amide bonds. The van der Waals surface area contributed by atoms with E-state index < -0.39 is 0 Å². The molecule has 0 aromatic heterocycles. The molecule has 2 rings (SSSR count). The highest BCUT2D eigenvalue weighted by molar-refractivity contribution is 5.47. The van der Waals surface area contributed by atoms with E-state index in [1.807, 2.05) is 6.07 Å². The molecule has 1 aliphatic rings. The molecule has 0 bridgehead atoms. The number of rotatable bonds is 0. The smallest absolute Gasteiger partial charge is 0.124 e. The Labute approximate surface area is 75.8 Å². The van der Waals surface area contributed by atoms with Crippen molar-refractivity contribution in [3.05, 3.63) is 34.6 Å². The van der Waals surface area contributed by atoms with Crippen LogP contribution in [-0.2, 0) is 6.42 Å². The van der Waals surface area contributed by atoms with Crippen LogP contribution in [0.3, 0.4) is 0 Å². The number of nitriles is 1. The van der Waals surface area contributed by atoms with Gasteiger partial charge in [0.25, 0.3) is 0 Å². The van der Waals surface area contributed by atoms with Crippen molar-refractivity contribution in [1.29, 1.82) is 5.26 Å². The standard InChI is InChI=1S/C10H9FN2/c11-7-3-6(5-12)8-1-2-10(13)9(8)4-7/h3-4,10H,1-2,13H2. The number of hydrogen-bond donors (Lipinski definition) is 1. The molecule has 0 fully saturated rings. The first-order valence-electron chi connectivity index (χ1n) is 4.20. The summed E-state index contributed by atoms with van der Waals surface area (Å²) in [5, 5.41) is 8.75. The lowest BCUT2D eigenvalue weighted by atomic mass is 10.0. The van der Waals surface area contributed by atoms with Gasteiger partial charge < -0.3 is 5.73 Å². The number of hydrogen-bond acceptors (Lipinski definition) is 2. The van der Waals surface area contributed by atoms with Crippen LogP contribution in [-0.4, -0.2) is 0 Å². The van der Waals surface area contributed by atoms with Crippen molar-refractivity contribution in [2.75, 3.05) is 0 Å². The summed E-state index contributed by atoms with van der Waals surface area (Å²) < 4.78 is 13.0. The van der Waals surface area contributed by atoms with Crippen molar-refractivity contribution < 1.29 is 4.39 Å². The second-order valence-electron chi connectivity index (χ2n) is 3.28. The highest BCUT2D eigenvalue weighted by Gasteiger charge is 2.22. The molecule has 1 aromatic carbocycles. The van der Waals surface area contributed by atoms with Crippen LogP contribution in [0.25, 0.3) is 0 Å². The van der Waals surface area contributed by atoms with Gasteiger partial charge >= 0.3 is 0 Å². The third kappa shape index (κ3) is 1.20. The van der Waals surface area contributed by atoms with Gasteiger partial charge in [0, 0.05) is 6.04 Å². The summed E-state index contributed by atoms with van der Waals surface area (Å²) in [6, 6.07) is 4.61. The molecule has 1 atom stereocenters. The minimum atomic E-state index is -0.368. The van der Waals surface area contributed by atoms with E-state index in [0.29, 0.717) is 5.56 Å². The molecule has 0 saturated carbocycles. The highest BCUT2D eigenvalue weighted by Crippen LogP contribution is 2.32. The lowest BCUT2D eigenvalue weighted by Crippen LogP contribution is -2.05. The molecule has 0 aliphatic heterocycles. The van der Waals surface area contributed by atoms with Crippen molar-refractivity contribution >= 4 is 0 Å². The van der Waals surface area contributed by atoms with Crippen LogP contribution in [0, 0.1) is 17.1 Å². The lowest BCUT2D eigenvalue weighted by molar-refractivity contribution is 0.621. The van der Waals surface area contributed by atoms with Crippen LogP contribution >= 0.6 is 0 Å². The fourth-order valence-corrected chi connectivity index (χ4v) is 1.82. The summed E-state index contributed by atoms with van der Waals surface area (Å²) in [5.41, 5.74) is 7.93. The maximum absolute atomic E-state index is 13.0. The van der Waals surface area contributed by atoms with Gasteiger partial charge in [0.2, 0.25) is 0 Å². The van der Waals surface area contributed by atoms with Gasteiger partial charge in [0.1, 0.15) is 5.82 Å². The van der Waals surface area contributed by atoms with Crippen molar-refractivity contribution in [3.8, 4) is 6.07 Å². The van der Waals surface area contributed by atoms with Gasteiger partial charge in [-0.05, 0) is 36.1 Å². The molecule has 2 N–H and O–H groups in total. The Bertz CT molecular complexity index is 393. The normalized spacial score (nSPS) is 19.6. The average molecular weight is 176 g/mol. The first kappa shape index (κ1) is 8.21. The first-order chi connectivity index (χ1) is 6.22.